The number of hydrogen-bond donors (Lipinski definition) is 1. The minimum Gasteiger partial charge on any atom is -0.268 e. The highest BCUT2D eigenvalue weighted by Gasteiger charge is 2.13. The van der Waals surface area contributed by atoms with E-state index < -0.39 is 5.91 Å². The summed E-state index contributed by atoms with van der Waals surface area (Å²) in [5.74, 6) is -0.779. The molecule has 0 saturated heterocycles. The molecule has 5 aromatic rings. The van der Waals surface area contributed by atoms with E-state index >= 15 is 0 Å². The fourth-order valence-electron chi connectivity index (χ4n) is 3.59. The van der Waals surface area contributed by atoms with Crippen LogP contribution in [0.2, 0.25) is 5.02 Å². The topological polar surface area (TPSA) is 77.1 Å². The Kier molecular flexibility index (Phi) is 6.68. The Morgan fingerprint density at radius 1 is 0.972 bits per heavy atom. The third kappa shape index (κ3) is 5.39. The van der Waals surface area contributed by atoms with Crippen LogP contribution in [-0.2, 0) is 6.54 Å². The maximum absolute atomic E-state index is 13.5. The molecule has 5 rings (SSSR count). The van der Waals surface area contributed by atoms with E-state index in [-0.39, 0.29) is 11.5 Å². The van der Waals surface area contributed by atoms with Crippen LogP contribution >= 0.6 is 11.6 Å². The molecular formula is C27H20ClFN6O. The molecule has 36 heavy (non-hydrogen) atoms. The molecule has 2 heterocycles. The van der Waals surface area contributed by atoms with Crippen molar-refractivity contribution in [3.8, 4) is 16.9 Å². The second-order valence-electron chi connectivity index (χ2n) is 7.94. The lowest BCUT2D eigenvalue weighted by Gasteiger charge is -2.02. The van der Waals surface area contributed by atoms with Gasteiger partial charge in [0.1, 0.15) is 11.5 Å². The zero-order valence-electron chi connectivity index (χ0n) is 18.9. The summed E-state index contributed by atoms with van der Waals surface area (Å²) in [6.07, 6.45) is 5.03. The van der Waals surface area contributed by atoms with E-state index in [1.165, 1.54) is 18.3 Å². The Bertz CT molecular complexity index is 1510. The summed E-state index contributed by atoms with van der Waals surface area (Å²) in [7, 11) is 0. The van der Waals surface area contributed by atoms with Crippen LogP contribution in [-0.4, -0.2) is 31.7 Å². The van der Waals surface area contributed by atoms with E-state index in [0.29, 0.717) is 22.8 Å². The number of nitrogens with one attached hydrogen (secondary N) is 1. The summed E-state index contributed by atoms with van der Waals surface area (Å²) in [6, 6.07) is 24.7. The normalized spacial score (nSPS) is 11.2. The monoisotopic (exact) mass is 498 g/mol. The Hall–Kier alpha value is -4.56. The minimum atomic E-state index is -0.445. The number of carbonyl (C=O) groups excluding carboxylic acids is 1. The average molecular weight is 499 g/mol. The highest BCUT2D eigenvalue weighted by molar-refractivity contribution is 6.30. The second kappa shape index (κ2) is 10.4. The standard InChI is InChI=1S/C27H20ClFN6O/c28-22-10-6-19(7-11-22)17-34-15-14-25(32-34)27(36)31-30-16-21-18-35(24-4-2-1-3-5-24)33-26(21)20-8-12-23(29)13-9-20/h1-16,18H,17H2,(H,31,36). The van der Waals surface area contributed by atoms with Crippen LogP contribution in [0.4, 0.5) is 4.39 Å². The van der Waals surface area contributed by atoms with Crippen molar-refractivity contribution in [2.24, 2.45) is 5.10 Å². The summed E-state index contributed by atoms with van der Waals surface area (Å²) in [6.45, 7) is 0.507. The molecule has 2 aromatic heterocycles. The van der Waals surface area contributed by atoms with E-state index in [1.807, 2.05) is 54.6 Å². The largest absolute Gasteiger partial charge is 0.291 e. The zero-order chi connectivity index (χ0) is 24.9. The Morgan fingerprint density at radius 3 is 2.47 bits per heavy atom. The predicted octanol–water partition coefficient (Wildman–Crippen LogP) is 5.34. The zero-order valence-corrected chi connectivity index (χ0v) is 19.7. The Balaban J connectivity index is 1.33. The van der Waals surface area contributed by atoms with Gasteiger partial charge in [-0.15, -0.1) is 0 Å². The number of nitrogens with zero attached hydrogens (tertiary/aromatic N) is 5. The maximum atomic E-state index is 13.5. The lowest BCUT2D eigenvalue weighted by atomic mass is 10.1. The number of amides is 1. The van der Waals surface area contributed by atoms with Crippen molar-refractivity contribution in [2.75, 3.05) is 0 Å². The lowest BCUT2D eigenvalue weighted by Crippen LogP contribution is -2.18. The van der Waals surface area contributed by atoms with Crippen LogP contribution in [0.15, 0.2) is 102 Å². The van der Waals surface area contributed by atoms with Gasteiger partial charge in [0.05, 0.1) is 18.4 Å². The van der Waals surface area contributed by atoms with Gasteiger partial charge >= 0.3 is 0 Å². The molecule has 0 fully saturated rings. The number of hydrazone groups is 1. The lowest BCUT2D eigenvalue weighted by molar-refractivity contribution is 0.0949. The van der Waals surface area contributed by atoms with Crippen LogP contribution in [0.5, 0.6) is 0 Å². The number of carbonyl (C=O) groups is 1. The number of hydrogen-bond acceptors (Lipinski definition) is 4. The molecule has 0 radical (unpaired) electrons. The fourth-order valence-corrected chi connectivity index (χ4v) is 3.72. The number of rotatable bonds is 7. The van der Waals surface area contributed by atoms with Crippen molar-refractivity contribution in [2.45, 2.75) is 6.54 Å². The first-order valence-electron chi connectivity index (χ1n) is 11.1. The molecule has 178 valence electrons. The summed E-state index contributed by atoms with van der Waals surface area (Å²) in [5, 5.41) is 13.7. The van der Waals surface area contributed by atoms with Gasteiger partial charge in [-0.3, -0.25) is 9.48 Å². The van der Waals surface area contributed by atoms with Gasteiger partial charge in [0, 0.05) is 28.5 Å². The second-order valence-corrected chi connectivity index (χ2v) is 8.38. The van der Waals surface area contributed by atoms with Gasteiger partial charge in [-0.1, -0.05) is 41.9 Å². The maximum Gasteiger partial charge on any atom is 0.291 e. The molecule has 0 saturated carbocycles. The van der Waals surface area contributed by atoms with Crippen LogP contribution in [0.25, 0.3) is 16.9 Å². The smallest absolute Gasteiger partial charge is 0.268 e. The molecule has 0 bridgehead atoms. The molecule has 9 heteroatoms. The summed E-state index contributed by atoms with van der Waals surface area (Å²) < 4.78 is 16.8. The van der Waals surface area contributed by atoms with Crippen LogP contribution in [0.1, 0.15) is 21.6 Å². The van der Waals surface area contributed by atoms with E-state index in [9.17, 15) is 9.18 Å². The number of aromatic nitrogens is 4. The quantitative estimate of drug-likeness (QED) is 0.243. The van der Waals surface area contributed by atoms with Crippen molar-refractivity contribution in [1.82, 2.24) is 25.0 Å². The molecular weight excluding hydrogens is 479 g/mol. The van der Waals surface area contributed by atoms with Crippen LogP contribution < -0.4 is 5.43 Å². The summed E-state index contributed by atoms with van der Waals surface area (Å²) in [4.78, 5) is 12.6. The Morgan fingerprint density at radius 2 is 1.72 bits per heavy atom. The van der Waals surface area contributed by atoms with Crippen LogP contribution in [0, 0.1) is 5.82 Å². The van der Waals surface area contributed by atoms with Crippen molar-refractivity contribution >= 4 is 23.7 Å². The van der Waals surface area contributed by atoms with Gasteiger partial charge in [0.15, 0.2) is 5.69 Å². The molecule has 1 amide bonds. The highest BCUT2D eigenvalue weighted by atomic mass is 35.5. The molecule has 0 spiro atoms. The van der Waals surface area contributed by atoms with Gasteiger partial charge in [0.2, 0.25) is 0 Å². The molecule has 0 aliphatic heterocycles. The molecule has 0 atom stereocenters. The summed E-state index contributed by atoms with van der Waals surface area (Å²) in [5.41, 5.74) is 6.59. The molecule has 3 aromatic carbocycles. The van der Waals surface area contributed by atoms with Crippen LogP contribution in [0.3, 0.4) is 0 Å². The average Bonchev–Trinajstić information content (AvgIpc) is 3.54. The third-order valence-corrected chi connectivity index (χ3v) is 5.63. The van der Waals surface area contributed by atoms with Gasteiger partial charge in [0.25, 0.3) is 5.91 Å². The SMILES string of the molecule is O=C(NN=Cc1cn(-c2ccccc2)nc1-c1ccc(F)cc1)c1ccn(Cc2ccc(Cl)cc2)n1. The van der Waals surface area contributed by atoms with Gasteiger partial charge in [-0.25, -0.2) is 14.5 Å². The molecule has 0 aliphatic rings. The highest BCUT2D eigenvalue weighted by Crippen LogP contribution is 2.23. The number of halogens is 2. The van der Waals surface area contributed by atoms with E-state index in [4.69, 9.17) is 11.6 Å². The first-order chi connectivity index (χ1) is 17.5. The van der Waals surface area contributed by atoms with Crippen molar-refractivity contribution in [3.05, 3.63) is 125 Å². The third-order valence-electron chi connectivity index (χ3n) is 5.38. The first kappa shape index (κ1) is 23.2. The predicted molar refractivity (Wildman–Crippen MR) is 137 cm³/mol. The van der Waals surface area contributed by atoms with E-state index in [2.05, 4.69) is 20.7 Å². The van der Waals surface area contributed by atoms with Crippen molar-refractivity contribution < 1.29 is 9.18 Å². The Labute approximate surface area is 211 Å². The molecule has 0 unspecified atom stereocenters. The summed E-state index contributed by atoms with van der Waals surface area (Å²) >= 11 is 5.93. The molecule has 7 nitrogen and oxygen atoms in total. The van der Waals surface area contributed by atoms with Gasteiger partial charge < -0.3 is 0 Å². The van der Waals surface area contributed by atoms with E-state index in [1.54, 1.807) is 40.0 Å². The fraction of sp³-hybridized carbons (Fsp3) is 0.0370. The number of benzene rings is 3. The van der Waals surface area contributed by atoms with E-state index in [0.717, 1.165) is 16.8 Å². The number of para-hydroxylation sites is 1. The van der Waals surface area contributed by atoms with Gasteiger partial charge in [-0.05, 0) is 60.2 Å². The van der Waals surface area contributed by atoms with Crippen molar-refractivity contribution in [1.29, 1.82) is 0 Å². The van der Waals surface area contributed by atoms with Crippen molar-refractivity contribution in [3.63, 3.8) is 0 Å². The first-order valence-corrected chi connectivity index (χ1v) is 11.5. The molecule has 1 N–H and O–H groups in total. The minimum absolute atomic E-state index is 0.236. The van der Waals surface area contributed by atoms with Gasteiger partial charge in [-0.2, -0.15) is 15.3 Å². The molecule has 0 aliphatic carbocycles.